The number of hydrogen-bond donors (Lipinski definition) is 1. The van der Waals surface area contributed by atoms with Crippen molar-refractivity contribution >= 4 is 0 Å². The summed E-state index contributed by atoms with van der Waals surface area (Å²) in [6, 6.07) is 2.27. The van der Waals surface area contributed by atoms with Gasteiger partial charge in [-0.2, -0.15) is 5.26 Å². The van der Waals surface area contributed by atoms with Crippen molar-refractivity contribution in [1.82, 2.24) is 0 Å². The summed E-state index contributed by atoms with van der Waals surface area (Å²) in [4.78, 5) is 0. The highest BCUT2D eigenvalue weighted by Crippen LogP contribution is 2.46. The molecule has 1 saturated carbocycles. The minimum absolute atomic E-state index is 0.297. The minimum Gasteiger partial charge on any atom is -0.388 e. The molecule has 0 aromatic rings. The average molecular weight is 195 g/mol. The second-order valence-corrected chi connectivity index (χ2v) is 5.01. The molecule has 14 heavy (non-hydrogen) atoms. The Balaban J connectivity index is 2.94. The maximum atomic E-state index is 10.6. The van der Waals surface area contributed by atoms with E-state index in [4.69, 9.17) is 5.26 Å². The molecule has 0 saturated heterocycles. The minimum atomic E-state index is -0.769. The van der Waals surface area contributed by atoms with Gasteiger partial charge in [0.05, 0.1) is 17.1 Å². The lowest BCUT2D eigenvalue weighted by Gasteiger charge is -2.46. The summed E-state index contributed by atoms with van der Waals surface area (Å²) >= 11 is 0. The molecular weight excluding hydrogens is 174 g/mol. The Morgan fingerprint density at radius 3 is 2.64 bits per heavy atom. The van der Waals surface area contributed by atoms with Crippen LogP contribution in [0.15, 0.2) is 0 Å². The third-order valence-corrected chi connectivity index (χ3v) is 3.89. The predicted octanol–water partition coefficient (Wildman–Crippen LogP) is 2.87. The van der Waals surface area contributed by atoms with Crippen molar-refractivity contribution in [2.24, 2.45) is 11.3 Å². The van der Waals surface area contributed by atoms with Gasteiger partial charge >= 0.3 is 0 Å². The molecule has 1 fully saturated rings. The monoisotopic (exact) mass is 195 g/mol. The maximum Gasteiger partial charge on any atom is 0.0855 e. The zero-order valence-corrected chi connectivity index (χ0v) is 9.51. The molecule has 0 aromatic heterocycles. The van der Waals surface area contributed by atoms with E-state index in [1.54, 1.807) is 0 Å². The van der Waals surface area contributed by atoms with E-state index in [0.717, 1.165) is 25.7 Å². The quantitative estimate of drug-likeness (QED) is 0.736. The fourth-order valence-electron chi connectivity index (χ4n) is 2.69. The summed E-state index contributed by atoms with van der Waals surface area (Å²) in [5, 5.41) is 19.8. The van der Waals surface area contributed by atoms with Gasteiger partial charge in [0.2, 0.25) is 0 Å². The number of aliphatic hydroxyl groups is 1. The van der Waals surface area contributed by atoms with E-state index in [1.807, 2.05) is 13.8 Å². The van der Waals surface area contributed by atoms with E-state index in [9.17, 15) is 5.11 Å². The standard InChI is InChI=1S/C12H21NO/c1-4-10-7-5-6-8-12(10,14)11(2,3)9-13/h10,14H,4-8H2,1-3H3. The van der Waals surface area contributed by atoms with E-state index in [-0.39, 0.29) is 0 Å². The van der Waals surface area contributed by atoms with Crippen LogP contribution in [-0.4, -0.2) is 10.7 Å². The van der Waals surface area contributed by atoms with Crippen LogP contribution in [0.5, 0.6) is 0 Å². The van der Waals surface area contributed by atoms with Crippen LogP contribution in [0.4, 0.5) is 0 Å². The molecule has 2 heteroatoms. The molecular formula is C12H21NO. The average Bonchev–Trinajstić information content (AvgIpc) is 2.18. The predicted molar refractivity (Wildman–Crippen MR) is 56.6 cm³/mol. The molecule has 0 spiro atoms. The van der Waals surface area contributed by atoms with Crippen LogP contribution >= 0.6 is 0 Å². The molecule has 1 aliphatic carbocycles. The fraction of sp³-hybridized carbons (Fsp3) is 0.917. The number of hydrogen-bond acceptors (Lipinski definition) is 2. The molecule has 0 amide bonds. The highest BCUT2D eigenvalue weighted by Gasteiger charge is 2.49. The Morgan fingerprint density at radius 2 is 2.14 bits per heavy atom. The SMILES string of the molecule is CCC1CCCCC1(O)C(C)(C)C#N. The van der Waals surface area contributed by atoms with Gasteiger partial charge in [0.15, 0.2) is 0 Å². The van der Waals surface area contributed by atoms with Gasteiger partial charge in [0.25, 0.3) is 0 Å². The molecule has 0 radical (unpaired) electrons. The van der Waals surface area contributed by atoms with Crippen molar-refractivity contribution in [1.29, 1.82) is 5.26 Å². The van der Waals surface area contributed by atoms with Gasteiger partial charge in [-0.1, -0.05) is 26.2 Å². The van der Waals surface area contributed by atoms with E-state index in [2.05, 4.69) is 13.0 Å². The summed E-state index contributed by atoms with van der Waals surface area (Å²) in [6.45, 7) is 5.83. The van der Waals surface area contributed by atoms with Crippen molar-refractivity contribution in [2.45, 2.75) is 58.5 Å². The lowest BCUT2D eigenvalue weighted by molar-refractivity contribution is -0.113. The van der Waals surface area contributed by atoms with Crippen molar-refractivity contribution in [3.63, 3.8) is 0 Å². The van der Waals surface area contributed by atoms with E-state index >= 15 is 0 Å². The molecule has 2 nitrogen and oxygen atoms in total. The molecule has 1 rings (SSSR count). The third kappa shape index (κ3) is 1.66. The molecule has 1 aliphatic rings. The molecule has 0 aliphatic heterocycles. The number of nitriles is 1. The first-order valence-electron chi connectivity index (χ1n) is 5.61. The highest BCUT2D eigenvalue weighted by molar-refractivity contribution is 5.10. The van der Waals surface area contributed by atoms with Crippen LogP contribution in [0, 0.1) is 22.7 Å². The van der Waals surface area contributed by atoms with Crippen molar-refractivity contribution in [3.8, 4) is 6.07 Å². The molecule has 0 aromatic carbocycles. The van der Waals surface area contributed by atoms with E-state index in [1.165, 1.54) is 6.42 Å². The van der Waals surface area contributed by atoms with Gasteiger partial charge in [-0.25, -0.2) is 0 Å². The van der Waals surface area contributed by atoms with Crippen molar-refractivity contribution in [2.75, 3.05) is 0 Å². The second kappa shape index (κ2) is 3.90. The van der Waals surface area contributed by atoms with Crippen molar-refractivity contribution < 1.29 is 5.11 Å². The molecule has 0 bridgehead atoms. The highest BCUT2D eigenvalue weighted by atomic mass is 16.3. The van der Waals surface area contributed by atoms with Crippen LogP contribution in [0.25, 0.3) is 0 Å². The van der Waals surface area contributed by atoms with E-state index < -0.39 is 11.0 Å². The van der Waals surface area contributed by atoms with Crippen LogP contribution in [0.3, 0.4) is 0 Å². The zero-order chi connectivity index (χ0) is 10.8. The molecule has 1 N–H and O–H groups in total. The van der Waals surface area contributed by atoms with Crippen LogP contribution in [0.2, 0.25) is 0 Å². The number of nitrogens with zero attached hydrogens (tertiary/aromatic N) is 1. The Labute approximate surface area is 86.9 Å². The second-order valence-electron chi connectivity index (χ2n) is 5.01. The summed E-state index contributed by atoms with van der Waals surface area (Å²) in [7, 11) is 0. The summed E-state index contributed by atoms with van der Waals surface area (Å²) < 4.78 is 0. The Morgan fingerprint density at radius 1 is 1.50 bits per heavy atom. The topological polar surface area (TPSA) is 44.0 Å². The third-order valence-electron chi connectivity index (χ3n) is 3.89. The van der Waals surface area contributed by atoms with Crippen LogP contribution in [0.1, 0.15) is 52.9 Å². The van der Waals surface area contributed by atoms with Gasteiger partial charge in [0.1, 0.15) is 0 Å². The van der Waals surface area contributed by atoms with Gasteiger partial charge in [-0.05, 0) is 32.6 Å². The summed E-state index contributed by atoms with van der Waals surface area (Å²) in [6.07, 6.45) is 5.08. The van der Waals surface area contributed by atoms with Crippen molar-refractivity contribution in [3.05, 3.63) is 0 Å². The molecule has 0 heterocycles. The van der Waals surface area contributed by atoms with Crippen LogP contribution < -0.4 is 0 Å². The first-order chi connectivity index (χ1) is 6.48. The lowest BCUT2D eigenvalue weighted by Crippen LogP contribution is -2.51. The maximum absolute atomic E-state index is 10.6. The van der Waals surface area contributed by atoms with Gasteiger partial charge in [-0.15, -0.1) is 0 Å². The van der Waals surface area contributed by atoms with E-state index in [0.29, 0.717) is 5.92 Å². The lowest BCUT2D eigenvalue weighted by atomic mass is 9.61. The number of rotatable bonds is 2. The first-order valence-corrected chi connectivity index (χ1v) is 5.61. The first kappa shape index (κ1) is 11.5. The zero-order valence-electron chi connectivity index (χ0n) is 9.51. The van der Waals surface area contributed by atoms with Gasteiger partial charge < -0.3 is 5.11 Å². The Hall–Kier alpha value is -0.550. The normalized spacial score (nSPS) is 33.8. The smallest absolute Gasteiger partial charge is 0.0855 e. The Bertz CT molecular complexity index is 241. The molecule has 2 unspecified atom stereocenters. The fourth-order valence-corrected chi connectivity index (χ4v) is 2.69. The molecule has 2 atom stereocenters. The van der Waals surface area contributed by atoms with Gasteiger partial charge in [-0.3, -0.25) is 0 Å². The van der Waals surface area contributed by atoms with Crippen LogP contribution in [-0.2, 0) is 0 Å². The van der Waals surface area contributed by atoms with Gasteiger partial charge in [0, 0.05) is 0 Å². The molecule has 80 valence electrons. The summed E-state index contributed by atoms with van der Waals surface area (Å²) in [5.74, 6) is 0.297. The largest absolute Gasteiger partial charge is 0.388 e. The Kier molecular flexibility index (Phi) is 3.21. The summed E-state index contributed by atoms with van der Waals surface area (Å²) in [5.41, 5.74) is -1.39.